The standard InChI is InChI=1S/C12H13F3N2O/c1-17-10(18)6-9(16)11(17)7-4-2-3-5-8(7)12(13,14)15/h2-5,9,11H,6,16H2,1H3. The van der Waals surface area contributed by atoms with Crippen molar-refractivity contribution in [2.24, 2.45) is 5.73 Å². The molecule has 0 spiro atoms. The molecule has 0 saturated carbocycles. The van der Waals surface area contributed by atoms with Crippen molar-refractivity contribution in [2.75, 3.05) is 7.05 Å². The molecule has 6 heteroatoms. The van der Waals surface area contributed by atoms with Crippen LogP contribution in [0.3, 0.4) is 0 Å². The number of carbonyl (C=O) groups is 1. The second kappa shape index (κ2) is 4.28. The number of hydrogen-bond acceptors (Lipinski definition) is 2. The number of benzene rings is 1. The van der Waals surface area contributed by atoms with Crippen LogP contribution in [-0.4, -0.2) is 23.9 Å². The molecule has 98 valence electrons. The van der Waals surface area contributed by atoms with Crippen LogP contribution in [0, 0.1) is 0 Å². The Labute approximate surface area is 102 Å². The second-order valence-corrected chi connectivity index (χ2v) is 4.40. The highest BCUT2D eigenvalue weighted by Gasteiger charge is 2.42. The molecule has 2 atom stereocenters. The monoisotopic (exact) mass is 258 g/mol. The highest BCUT2D eigenvalue weighted by molar-refractivity contribution is 5.80. The van der Waals surface area contributed by atoms with E-state index in [0.29, 0.717) is 0 Å². The van der Waals surface area contributed by atoms with Crippen LogP contribution in [0.4, 0.5) is 13.2 Å². The van der Waals surface area contributed by atoms with Crippen molar-refractivity contribution in [2.45, 2.75) is 24.7 Å². The molecule has 18 heavy (non-hydrogen) atoms. The topological polar surface area (TPSA) is 46.3 Å². The number of nitrogens with zero attached hydrogens (tertiary/aromatic N) is 1. The maximum absolute atomic E-state index is 12.9. The summed E-state index contributed by atoms with van der Waals surface area (Å²) in [5.74, 6) is -0.232. The van der Waals surface area contributed by atoms with Crippen LogP contribution >= 0.6 is 0 Å². The van der Waals surface area contributed by atoms with Crippen molar-refractivity contribution in [3.05, 3.63) is 35.4 Å². The summed E-state index contributed by atoms with van der Waals surface area (Å²) >= 11 is 0. The van der Waals surface area contributed by atoms with Gasteiger partial charge >= 0.3 is 6.18 Å². The second-order valence-electron chi connectivity index (χ2n) is 4.40. The molecule has 2 N–H and O–H groups in total. The van der Waals surface area contributed by atoms with E-state index in [-0.39, 0.29) is 17.9 Å². The molecular weight excluding hydrogens is 245 g/mol. The van der Waals surface area contributed by atoms with Crippen LogP contribution < -0.4 is 5.73 Å². The number of nitrogens with two attached hydrogens (primary N) is 1. The average Bonchev–Trinajstić information content (AvgIpc) is 2.52. The molecule has 1 amide bonds. The zero-order chi connectivity index (χ0) is 13.5. The smallest absolute Gasteiger partial charge is 0.337 e. The summed E-state index contributed by atoms with van der Waals surface area (Å²) in [5.41, 5.74) is 5.11. The Balaban J connectivity index is 2.49. The van der Waals surface area contributed by atoms with E-state index in [1.54, 1.807) is 0 Å². The van der Waals surface area contributed by atoms with Crippen molar-refractivity contribution in [1.82, 2.24) is 4.90 Å². The maximum Gasteiger partial charge on any atom is 0.416 e. The first kappa shape index (κ1) is 12.9. The molecule has 0 radical (unpaired) electrons. The Bertz CT molecular complexity index is 473. The summed E-state index contributed by atoms with van der Waals surface area (Å²) in [5, 5.41) is 0. The lowest BCUT2D eigenvalue weighted by Gasteiger charge is -2.26. The normalized spacial score (nSPS) is 24.7. The molecule has 1 fully saturated rings. The molecule has 1 aromatic rings. The van der Waals surface area contributed by atoms with Gasteiger partial charge in [-0.2, -0.15) is 13.2 Å². The van der Waals surface area contributed by atoms with Gasteiger partial charge in [-0.1, -0.05) is 18.2 Å². The Morgan fingerprint density at radius 2 is 1.94 bits per heavy atom. The van der Waals surface area contributed by atoms with E-state index in [4.69, 9.17) is 5.73 Å². The van der Waals surface area contributed by atoms with E-state index in [9.17, 15) is 18.0 Å². The number of carbonyl (C=O) groups excluding carboxylic acids is 1. The molecule has 0 aliphatic carbocycles. The van der Waals surface area contributed by atoms with Gasteiger partial charge in [-0.15, -0.1) is 0 Å². The van der Waals surface area contributed by atoms with E-state index in [0.717, 1.165) is 6.07 Å². The van der Waals surface area contributed by atoms with Crippen molar-refractivity contribution in [1.29, 1.82) is 0 Å². The Hall–Kier alpha value is -1.56. The van der Waals surface area contributed by atoms with Crippen LogP contribution in [0.2, 0.25) is 0 Å². The molecule has 1 aliphatic rings. The average molecular weight is 258 g/mol. The fraction of sp³-hybridized carbons (Fsp3) is 0.417. The van der Waals surface area contributed by atoms with Gasteiger partial charge in [0.15, 0.2) is 0 Å². The minimum Gasteiger partial charge on any atom is -0.337 e. The van der Waals surface area contributed by atoms with Gasteiger partial charge in [0, 0.05) is 19.5 Å². The predicted octanol–water partition coefficient (Wildman–Crippen LogP) is 1.94. The minimum atomic E-state index is -4.44. The highest BCUT2D eigenvalue weighted by Crippen LogP contribution is 2.39. The number of halogens is 3. The quantitative estimate of drug-likeness (QED) is 0.836. The van der Waals surface area contributed by atoms with Crippen molar-refractivity contribution in [3.8, 4) is 0 Å². The molecule has 3 nitrogen and oxygen atoms in total. The largest absolute Gasteiger partial charge is 0.416 e. The third-order valence-electron chi connectivity index (χ3n) is 3.21. The van der Waals surface area contributed by atoms with Gasteiger partial charge in [0.1, 0.15) is 0 Å². The van der Waals surface area contributed by atoms with E-state index in [2.05, 4.69) is 0 Å². The van der Waals surface area contributed by atoms with Gasteiger partial charge in [0.05, 0.1) is 11.6 Å². The van der Waals surface area contributed by atoms with Crippen LogP contribution in [0.15, 0.2) is 24.3 Å². The molecule has 1 heterocycles. The number of likely N-dealkylation sites (N-methyl/N-ethyl adjacent to an activating group) is 1. The van der Waals surface area contributed by atoms with Crippen LogP contribution in [0.25, 0.3) is 0 Å². The van der Waals surface area contributed by atoms with E-state index < -0.39 is 23.8 Å². The fourth-order valence-electron chi connectivity index (χ4n) is 2.35. The molecule has 1 aliphatic heterocycles. The third kappa shape index (κ3) is 2.08. The molecule has 2 unspecified atom stereocenters. The van der Waals surface area contributed by atoms with Crippen LogP contribution in [0.1, 0.15) is 23.6 Å². The number of rotatable bonds is 1. The van der Waals surface area contributed by atoms with Gasteiger partial charge in [0.25, 0.3) is 0 Å². The summed E-state index contributed by atoms with van der Waals surface area (Å²) in [6.45, 7) is 0. The Kier molecular flexibility index (Phi) is 3.06. The zero-order valence-corrected chi connectivity index (χ0v) is 9.74. The lowest BCUT2D eigenvalue weighted by atomic mass is 9.95. The number of alkyl halides is 3. The molecule has 1 saturated heterocycles. The first-order valence-corrected chi connectivity index (χ1v) is 5.49. The van der Waals surface area contributed by atoms with Crippen molar-refractivity contribution >= 4 is 5.91 Å². The van der Waals surface area contributed by atoms with Crippen molar-refractivity contribution < 1.29 is 18.0 Å². The summed E-state index contributed by atoms with van der Waals surface area (Å²) in [6.07, 6.45) is -4.36. The van der Waals surface area contributed by atoms with E-state index >= 15 is 0 Å². The van der Waals surface area contributed by atoms with Crippen LogP contribution in [-0.2, 0) is 11.0 Å². The fourth-order valence-corrected chi connectivity index (χ4v) is 2.35. The SMILES string of the molecule is CN1C(=O)CC(N)C1c1ccccc1C(F)(F)F. The summed E-state index contributed by atoms with van der Waals surface area (Å²) < 4.78 is 38.7. The molecule has 0 bridgehead atoms. The van der Waals surface area contributed by atoms with Crippen LogP contribution in [0.5, 0.6) is 0 Å². The Morgan fingerprint density at radius 1 is 1.33 bits per heavy atom. The van der Waals surface area contributed by atoms with Crippen molar-refractivity contribution in [3.63, 3.8) is 0 Å². The third-order valence-corrected chi connectivity index (χ3v) is 3.21. The van der Waals surface area contributed by atoms with Gasteiger partial charge in [-0.25, -0.2) is 0 Å². The highest BCUT2D eigenvalue weighted by atomic mass is 19.4. The minimum absolute atomic E-state index is 0.0610. The van der Waals surface area contributed by atoms with E-state index in [1.165, 1.54) is 30.1 Å². The summed E-state index contributed by atoms with van der Waals surface area (Å²) in [6, 6.07) is 3.92. The van der Waals surface area contributed by atoms with Gasteiger partial charge in [-0.05, 0) is 11.6 Å². The predicted molar refractivity (Wildman–Crippen MR) is 59.5 cm³/mol. The summed E-state index contributed by atoms with van der Waals surface area (Å²) in [4.78, 5) is 12.8. The lowest BCUT2D eigenvalue weighted by molar-refractivity contribution is -0.139. The van der Waals surface area contributed by atoms with Gasteiger partial charge < -0.3 is 10.6 Å². The summed E-state index contributed by atoms with van der Waals surface area (Å²) in [7, 11) is 1.48. The number of amides is 1. The van der Waals surface area contributed by atoms with E-state index in [1.807, 2.05) is 0 Å². The zero-order valence-electron chi connectivity index (χ0n) is 9.74. The maximum atomic E-state index is 12.9. The number of likely N-dealkylation sites (tertiary alicyclic amines) is 1. The number of hydrogen-bond donors (Lipinski definition) is 1. The Morgan fingerprint density at radius 3 is 2.44 bits per heavy atom. The molecular formula is C12H13F3N2O. The first-order valence-electron chi connectivity index (χ1n) is 5.49. The molecule has 2 rings (SSSR count). The molecule has 1 aromatic carbocycles. The molecule has 0 aromatic heterocycles. The van der Waals surface area contributed by atoms with Gasteiger partial charge in [0.2, 0.25) is 5.91 Å². The lowest BCUT2D eigenvalue weighted by Crippen LogP contribution is -2.32. The first-order chi connectivity index (χ1) is 8.32. The van der Waals surface area contributed by atoms with Gasteiger partial charge in [-0.3, -0.25) is 4.79 Å².